The predicted molar refractivity (Wildman–Crippen MR) is 44.7 cm³/mol. The van der Waals surface area contributed by atoms with Crippen molar-refractivity contribution in [1.82, 2.24) is 0 Å². The zero-order valence-corrected chi connectivity index (χ0v) is 7.46. The summed E-state index contributed by atoms with van der Waals surface area (Å²) >= 11 is 0. The number of carbonyl (C=O) groups is 1. The van der Waals surface area contributed by atoms with Gasteiger partial charge in [0.25, 0.3) is 0 Å². The molecule has 0 aliphatic heterocycles. The smallest absolute Gasteiger partial charge is 0.220 e. The molecule has 0 saturated carbocycles. The first-order chi connectivity index (χ1) is 5.70. The van der Waals surface area contributed by atoms with Gasteiger partial charge in [-0.15, -0.1) is 0 Å². The van der Waals surface area contributed by atoms with Crippen LogP contribution in [0.3, 0.4) is 0 Å². The molecule has 12 heavy (non-hydrogen) atoms. The van der Waals surface area contributed by atoms with Crippen LogP contribution in [0.1, 0.15) is 6.92 Å². The Morgan fingerprint density at radius 3 is 2.58 bits per heavy atom. The van der Waals surface area contributed by atoms with Crippen LogP contribution < -0.4 is 0 Å². The molecule has 0 N–H and O–H groups in total. The average molecular weight is 168 g/mol. The zero-order chi connectivity index (χ0) is 9.14. The molecule has 1 atom stereocenters. The van der Waals surface area contributed by atoms with Crippen LogP contribution in [0.2, 0.25) is 0 Å². The molecule has 0 radical (unpaired) electrons. The molecule has 0 aromatic carbocycles. The second kappa shape index (κ2) is 3.54. The lowest BCUT2D eigenvalue weighted by Crippen LogP contribution is -2.19. The van der Waals surface area contributed by atoms with E-state index in [1.807, 2.05) is 6.92 Å². The summed E-state index contributed by atoms with van der Waals surface area (Å²) < 4.78 is 10.1. The molecule has 3 nitrogen and oxygen atoms in total. The predicted octanol–water partition coefficient (Wildman–Crippen LogP) is 1.06. The van der Waals surface area contributed by atoms with Crippen molar-refractivity contribution in [3.8, 4) is 0 Å². The van der Waals surface area contributed by atoms with Gasteiger partial charge in [0, 0.05) is 12.7 Å². The molecule has 1 aliphatic carbocycles. The Kier molecular flexibility index (Phi) is 2.65. The number of hydrogen-bond donors (Lipinski definition) is 0. The molecule has 0 bridgehead atoms. The third-order valence-corrected chi connectivity index (χ3v) is 1.89. The quantitative estimate of drug-likeness (QED) is 0.618. The van der Waals surface area contributed by atoms with E-state index < -0.39 is 0 Å². The number of ketones is 1. The Bertz CT molecular complexity index is 250. The van der Waals surface area contributed by atoms with Crippen LogP contribution in [0, 0.1) is 0 Å². The maximum atomic E-state index is 11.2. The van der Waals surface area contributed by atoms with Crippen LogP contribution in [0.25, 0.3) is 0 Å². The van der Waals surface area contributed by atoms with Gasteiger partial charge in [0.15, 0.2) is 5.76 Å². The summed E-state index contributed by atoms with van der Waals surface area (Å²) in [6.45, 7) is 1.83. The number of allylic oxidation sites excluding steroid dienone is 1. The summed E-state index contributed by atoms with van der Waals surface area (Å²) in [5.41, 5.74) is 0.826. The fourth-order valence-corrected chi connectivity index (χ4v) is 1.24. The maximum Gasteiger partial charge on any atom is 0.220 e. The molecule has 3 heteroatoms. The number of carbonyl (C=O) groups excluding carboxylic acids is 1. The minimum atomic E-state index is -0.127. The van der Waals surface area contributed by atoms with Crippen molar-refractivity contribution >= 4 is 5.78 Å². The lowest BCUT2D eigenvalue weighted by Gasteiger charge is -2.18. The fraction of sp³-hybridized carbons (Fsp3) is 0.444. The van der Waals surface area contributed by atoms with Gasteiger partial charge >= 0.3 is 0 Å². The highest BCUT2D eigenvalue weighted by Crippen LogP contribution is 2.19. The van der Waals surface area contributed by atoms with Crippen molar-refractivity contribution < 1.29 is 14.3 Å². The Morgan fingerprint density at radius 1 is 1.42 bits per heavy atom. The summed E-state index contributed by atoms with van der Waals surface area (Å²) in [4.78, 5) is 11.2. The molecule has 0 aromatic rings. The Morgan fingerprint density at radius 2 is 2.08 bits per heavy atom. The number of ether oxygens (including phenoxy) is 2. The van der Waals surface area contributed by atoms with E-state index in [-0.39, 0.29) is 11.9 Å². The highest BCUT2D eigenvalue weighted by Gasteiger charge is 2.21. The summed E-state index contributed by atoms with van der Waals surface area (Å²) in [5.74, 6) is 0.299. The van der Waals surface area contributed by atoms with Gasteiger partial charge in [-0.1, -0.05) is 0 Å². The SMILES string of the molecule is COC1=C(C)C(OC)C=CC1=O. The molecular weight excluding hydrogens is 156 g/mol. The average Bonchev–Trinajstić information content (AvgIpc) is 2.06. The standard InChI is InChI=1S/C9H12O3/c1-6-8(11-2)5-4-7(10)9(6)12-3/h4-5,8H,1-3H3. The lowest BCUT2D eigenvalue weighted by atomic mass is 10.0. The topological polar surface area (TPSA) is 35.5 Å². The van der Waals surface area contributed by atoms with Gasteiger partial charge in [-0.2, -0.15) is 0 Å². The van der Waals surface area contributed by atoms with E-state index in [9.17, 15) is 4.79 Å². The van der Waals surface area contributed by atoms with Crippen LogP contribution in [0.5, 0.6) is 0 Å². The number of methoxy groups -OCH3 is 2. The summed E-state index contributed by atoms with van der Waals surface area (Å²) in [7, 11) is 3.09. The second-order valence-corrected chi connectivity index (χ2v) is 2.60. The van der Waals surface area contributed by atoms with Crippen LogP contribution in [-0.4, -0.2) is 26.1 Å². The van der Waals surface area contributed by atoms with Gasteiger partial charge in [-0.25, -0.2) is 0 Å². The molecule has 1 aliphatic rings. The lowest BCUT2D eigenvalue weighted by molar-refractivity contribution is -0.114. The summed E-state index contributed by atoms with van der Waals surface area (Å²) in [5, 5.41) is 0. The molecule has 1 rings (SSSR count). The van der Waals surface area contributed by atoms with Crippen LogP contribution in [0.15, 0.2) is 23.5 Å². The van der Waals surface area contributed by atoms with Gasteiger partial charge in [0.05, 0.1) is 7.11 Å². The van der Waals surface area contributed by atoms with Crippen molar-refractivity contribution in [1.29, 1.82) is 0 Å². The molecule has 66 valence electrons. The molecule has 0 spiro atoms. The molecule has 1 unspecified atom stereocenters. The third kappa shape index (κ3) is 1.41. The minimum absolute atomic E-state index is 0.0942. The molecule has 0 heterocycles. The van der Waals surface area contributed by atoms with Crippen molar-refractivity contribution in [3.63, 3.8) is 0 Å². The van der Waals surface area contributed by atoms with Gasteiger partial charge < -0.3 is 9.47 Å². The number of rotatable bonds is 2. The summed E-state index contributed by atoms with van der Waals surface area (Å²) in [6, 6.07) is 0. The van der Waals surface area contributed by atoms with Gasteiger partial charge in [0.1, 0.15) is 6.10 Å². The van der Waals surface area contributed by atoms with Crippen molar-refractivity contribution in [2.45, 2.75) is 13.0 Å². The highest BCUT2D eigenvalue weighted by atomic mass is 16.5. The fourth-order valence-electron chi connectivity index (χ4n) is 1.24. The first-order valence-electron chi connectivity index (χ1n) is 3.70. The molecule has 0 aromatic heterocycles. The van der Waals surface area contributed by atoms with E-state index in [4.69, 9.17) is 9.47 Å². The largest absolute Gasteiger partial charge is 0.493 e. The second-order valence-electron chi connectivity index (χ2n) is 2.60. The normalized spacial score (nSPS) is 23.2. The van der Waals surface area contributed by atoms with E-state index in [0.29, 0.717) is 5.76 Å². The van der Waals surface area contributed by atoms with Crippen LogP contribution in [0.4, 0.5) is 0 Å². The van der Waals surface area contributed by atoms with E-state index >= 15 is 0 Å². The molecule has 0 amide bonds. The zero-order valence-electron chi connectivity index (χ0n) is 7.46. The maximum absolute atomic E-state index is 11.2. The molecule has 0 fully saturated rings. The van der Waals surface area contributed by atoms with Gasteiger partial charge in [0.2, 0.25) is 5.78 Å². The van der Waals surface area contributed by atoms with Crippen molar-refractivity contribution in [2.75, 3.05) is 14.2 Å². The minimum Gasteiger partial charge on any atom is -0.493 e. The van der Waals surface area contributed by atoms with Gasteiger partial charge in [-0.05, 0) is 19.1 Å². The monoisotopic (exact) mass is 168 g/mol. The third-order valence-electron chi connectivity index (χ3n) is 1.89. The van der Waals surface area contributed by atoms with Gasteiger partial charge in [-0.3, -0.25) is 4.79 Å². The first kappa shape index (κ1) is 9.00. The Hall–Kier alpha value is -1.09. The Balaban J connectivity index is 2.96. The van der Waals surface area contributed by atoms with E-state index in [2.05, 4.69) is 0 Å². The molecular formula is C9H12O3. The Labute approximate surface area is 71.7 Å². The van der Waals surface area contributed by atoms with Crippen molar-refractivity contribution in [2.24, 2.45) is 0 Å². The first-order valence-corrected chi connectivity index (χ1v) is 3.70. The van der Waals surface area contributed by atoms with E-state index in [0.717, 1.165) is 5.57 Å². The molecule has 0 saturated heterocycles. The highest BCUT2D eigenvalue weighted by molar-refractivity contribution is 6.04. The van der Waals surface area contributed by atoms with Crippen molar-refractivity contribution in [3.05, 3.63) is 23.5 Å². The van der Waals surface area contributed by atoms with E-state index in [1.54, 1.807) is 13.2 Å². The van der Waals surface area contributed by atoms with E-state index in [1.165, 1.54) is 13.2 Å². The number of hydrogen-bond acceptors (Lipinski definition) is 3. The van der Waals surface area contributed by atoms with Crippen LogP contribution >= 0.6 is 0 Å². The summed E-state index contributed by atoms with van der Waals surface area (Å²) in [6.07, 6.45) is 3.07. The van der Waals surface area contributed by atoms with Crippen LogP contribution in [-0.2, 0) is 14.3 Å².